The summed E-state index contributed by atoms with van der Waals surface area (Å²) in [4.78, 5) is 17.6. The van der Waals surface area contributed by atoms with E-state index in [4.69, 9.17) is 0 Å². The average molecular weight is 388 g/mol. The zero-order valence-electron chi connectivity index (χ0n) is 15.3. The zero-order chi connectivity index (χ0) is 19.0. The van der Waals surface area contributed by atoms with Crippen molar-refractivity contribution < 1.29 is 9.18 Å². The van der Waals surface area contributed by atoms with Crippen LogP contribution in [0.2, 0.25) is 0 Å². The van der Waals surface area contributed by atoms with Crippen LogP contribution < -0.4 is 0 Å². The highest BCUT2D eigenvalue weighted by molar-refractivity contribution is 7.16. The van der Waals surface area contributed by atoms with E-state index in [-0.39, 0.29) is 17.8 Å². The molecule has 1 aromatic carbocycles. The molecule has 1 aliphatic rings. The van der Waals surface area contributed by atoms with Crippen molar-refractivity contribution in [3.05, 3.63) is 46.5 Å². The third kappa shape index (κ3) is 3.70. The number of hydrogen-bond acceptors (Lipinski definition) is 6. The second-order valence-corrected chi connectivity index (χ2v) is 7.87. The summed E-state index contributed by atoms with van der Waals surface area (Å²) in [5.74, 6) is 0.628. The first kappa shape index (κ1) is 18.0. The van der Waals surface area contributed by atoms with Gasteiger partial charge >= 0.3 is 0 Å². The zero-order valence-corrected chi connectivity index (χ0v) is 16.1. The number of carbonyl (C=O) groups excluding carboxylic acids is 1. The molecule has 1 amide bonds. The third-order valence-corrected chi connectivity index (χ3v) is 5.96. The van der Waals surface area contributed by atoms with Crippen LogP contribution in [0.15, 0.2) is 24.3 Å². The van der Waals surface area contributed by atoms with Crippen LogP contribution in [0.4, 0.5) is 4.39 Å². The Morgan fingerprint density at radius 2 is 2.04 bits per heavy atom. The minimum Gasteiger partial charge on any atom is -0.339 e. The number of hydrogen-bond donors (Lipinski definition) is 0. The van der Waals surface area contributed by atoms with E-state index in [2.05, 4.69) is 20.2 Å². The van der Waals surface area contributed by atoms with Crippen molar-refractivity contribution >= 4 is 22.2 Å². The summed E-state index contributed by atoms with van der Waals surface area (Å²) in [6.07, 6.45) is 1.02. The van der Waals surface area contributed by atoms with Gasteiger partial charge in [-0.25, -0.2) is 4.39 Å². The molecular formula is C18H21FN6OS. The number of piperazine rings is 1. The number of benzene rings is 1. The van der Waals surface area contributed by atoms with E-state index in [1.54, 1.807) is 16.6 Å². The molecule has 0 bridgehead atoms. The lowest BCUT2D eigenvalue weighted by molar-refractivity contribution is -0.134. The van der Waals surface area contributed by atoms with Gasteiger partial charge < -0.3 is 4.90 Å². The van der Waals surface area contributed by atoms with E-state index in [1.807, 2.05) is 18.9 Å². The fourth-order valence-electron chi connectivity index (χ4n) is 3.37. The van der Waals surface area contributed by atoms with Gasteiger partial charge in [-0.2, -0.15) is 9.61 Å². The standard InChI is InChI=1S/C18H21FN6OS/c1-12-20-21-18-25(12)22-16(27-18)7-8-17(26)24-10-9-23(2)15(11-24)13-3-5-14(19)6-4-13/h3-6,15H,7-11H2,1-2H3. The molecule has 0 saturated carbocycles. The summed E-state index contributed by atoms with van der Waals surface area (Å²) in [6, 6.07) is 6.62. The van der Waals surface area contributed by atoms with Gasteiger partial charge in [-0.05, 0) is 31.7 Å². The summed E-state index contributed by atoms with van der Waals surface area (Å²) >= 11 is 1.47. The van der Waals surface area contributed by atoms with Gasteiger partial charge in [0.1, 0.15) is 10.8 Å². The number of nitrogens with zero attached hydrogens (tertiary/aromatic N) is 6. The molecule has 9 heteroatoms. The van der Waals surface area contributed by atoms with E-state index in [1.165, 1.54) is 23.5 Å². The molecule has 1 aliphatic heterocycles. The molecular weight excluding hydrogens is 367 g/mol. The van der Waals surface area contributed by atoms with E-state index < -0.39 is 0 Å². The third-order valence-electron chi connectivity index (χ3n) is 5.00. The molecule has 0 radical (unpaired) electrons. The van der Waals surface area contributed by atoms with E-state index in [0.717, 1.165) is 27.9 Å². The van der Waals surface area contributed by atoms with Gasteiger partial charge in [0.25, 0.3) is 0 Å². The van der Waals surface area contributed by atoms with Crippen molar-refractivity contribution in [2.24, 2.45) is 0 Å². The molecule has 7 nitrogen and oxygen atoms in total. The monoisotopic (exact) mass is 388 g/mol. The SMILES string of the molecule is Cc1nnc2sc(CCC(=O)N3CCN(C)C(c4ccc(F)cc4)C3)nn12. The summed E-state index contributed by atoms with van der Waals surface area (Å²) < 4.78 is 14.9. The number of fused-ring (bicyclic) bond motifs is 1. The van der Waals surface area contributed by atoms with Crippen LogP contribution in [0.25, 0.3) is 4.96 Å². The normalized spacial score (nSPS) is 18.3. The van der Waals surface area contributed by atoms with Crippen LogP contribution in [0.1, 0.15) is 28.9 Å². The molecule has 0 aliphatic carbocycles. The maximum absolute atomic E-state index is 13.2. The topological polar surface area (TPSA) is 66.6 Å². The maximum Gasteiger partial charge on any atom is 0.234 e. The number of aryl methyl sites for hydroxylation is 2. The number of aromatic nitrogens is 4. The fourth-order valence-corrected chi connectivity index (χ4v) is 4.25. The molecule has 3 aromatic rings. The first-order chi connectivity index (χ1) is 13.0. The second kappa shape index (κ2) is 7.32. The molecule has 1 saturated heterocycles. The Morgan fingerprint density at radius 3 is 2.78 bits per heavy atom. The fraction of sp³-hybridized carbons (Fsp3) is 0.444. The maximum atomic E-state index is 13.2. The van der Waals surface area contributed by atoms with Crippen molar-refractivity contribution in [3.8, 4) is 0 Å². The van der Waals surface area contributed by atoms with Crippen LogP contribution in [-0.2, 0) is 11.2 Å². The van der Waals surface area contributed by atoms with Crippen LogP contribution in [0, 0.1) is 12.7 Å². The average Bonchev–Trinajstić information content (AvgIpc) is 3.23. The largest absolute Gasteiger partial charge is 0.339 e. The van der Waals surface area contributed by atoms with Gasteiger partial charge in [0.2, 0.25) is 10.9 Å². The van der Waals surface area contributed by atoms with Gasteiger partial charge in [-0.15, -0.1) is 10.2 Å². The summed E-state index contributed by atoms with van der Waals surface area (Å²) in [5.41, 5.74) is 1.03. The van der Waals surface area contributed by atoms with E-state index in [0.29, 0.717) is 25.9 Å². The molecule has 2 aromatic heterocycles. The Labute approximate surface area is 160 Å². The van der Waals surface area contributed by atoms with Crippen molar-refractivity contribution in [2.45, 2.75) is 25.8 Å². The summed E-state index contributed by atoms with van der Waals surface area (Å²) in [6.45, 7) is 3.97. The Kier molecular flexibility index (Phi) is 4.88. The highest BCUT2D eigenvalue weighted by atomic mass is 32.1. The van der Waals surface area contributed by atoms with E-state index in [9.17, 15) is 9.18 Å². The smallest absolute Gasteiger partial charge is 0.234 e. The number of likely N-dealkylation sites (N-methyl/N-ethyl adjacent to an activating group) is 1. The molecule has 142 valence electrons. The van der Waals surface area contributed by atoms with Gasteiger partial charge in [0.05, 0.1) is 6.04 Å². The van der Waals surface area contributed by atoms with Crippen LogP contribution in [0.3, 0.4) is 0 Å². The number of carbonyl (C=O) groups is 1. The Balaban J connectivity index is 1.39. The minimum absolute atomic E-state index is 0.0835. The Hall–Kier alpha value is -2.39. The molecule has 1 fully saturated rings. The molecule has 0 N–H and O–H groups in total. The molecule has 0 spiro atoms. The van der Waals surface area contributed by atoms with Gasteiger partial charge in [-0.1, -0.05) is 23.5 Å². The van der Waals surface area contributed by atoms with Crippen LogP contribution >= 0.6 is 11.3 Å². The van der Waals surface area contributed by atoms with Gasteiger partial charge in [0.15, 0.2) is 5.82 Å². The Bertz CT molecular complexity index is 953. The first-order valence-electron chi connectivity index (χ1n) is 8.92. The van der Waals surface area contributed by atoms with Crippen LogP contribution in [-0.4, -0.2) is 62.2 Å². The molecule has 1 unspecified atom stereocenters. The summed E-state index contributed by atoms with van der Waals surface area (Å²) in [7, 11) is 2.04. The predicted molar refractivity (Wildman–Crippen MR) is 100 cm³/mol. The van der Waals surface area contributed by atoms with Gasteiger partial charge in [-0.3, -0.25) is 9.69 Å². The number of halogens is 1. The Morgan fingerprint density at radius 1 is 1.26 bits per heavy atom. The minimum atomic E-state index is -0.245. The lowest BCUT2D eigenvalue weighted by Crippen LogP contribution is -2.49. The lowest BCUT2D eigenvalue weighted by atomic mass is 10.0. The summed E-state index contributed by atoms with van der Waals surface area (Å²) in [5, 5.41) is 13.4. The molecule has 4 rings (SSSR count). The van der Waals surface area contributed by atoms with Gasteiger partial charge in [0, 0.05) is 32.5 Å². The number of rotatable bonds is 4. The quantitative estimate of drug-likeness (QED) is 0.685. The van der Waals surface area contributed by atoms with E-state index >= 15 is 0 Å². The van der Waals surface area contributed by atoms with Crippen molar-refractivity contribution in [2.75, 3.05) is 26.7 Å². The molecule has 27 heavy (non-hydrogen) atoms. The van der Waals surface area contributed by atoms with Crippen molar-refractivity contribution in [3.63, 3.8) is 0 Å². The predicted octanol–water partition coefficient (Wildman–Crippen LogP) is 2.08. The lowest BCUT2D eigenvalue weighted by Gasteiger charge is -2.39. The van der Waals surface area contributed by atoms with Crippen LogP contribution in [0.5, 0.6) is 0 Å². The first-order valence-corrected chi connectivity index (χ1v) is 9.74. The number of amides is 1. The van der Waals surface area contributed by atoms with Crippen molar-refractivity contribution in [1.29, 1.82) is 0 Å². The highest BCUT2D eigenvalue weighted by Crippen LogP contribution is 2.25. The second-order valence-electron chi connectivity index (χ2n) is 6.83. The molecule has 3 heterocycles. The van der Waals surface area contributed by atoms with Crippen molar-refractivity contribution in [1.82, 2.24) is 29.6 Å². The highest BCUT2D eigenvalue weighted by Gasteiger charge is 2.28. The molecule has 1 atom stereocenters.